The Hall–Kier alpha value is -1.46. The summed E-state index contributed by atoms with van der Waals surface area (Å²) in [7, 11) is 0. The summed E-state index contributed by atoms with van der Waals surface area (Å²) in [5.41, 5.74) is 1.22. The Morgan fingerprint density at radius 2 is 2.41 bits per heavy atom. The first-order chi connectivity index (χ1) is 8.16. The highest BCUT2D eigenvalue weighted by atomic mass is 35.5. The third-order valence-electron chi connectivity index (χ3n) is 2.10. The topological polar surface area (TPSA) is 54.9 Å². The molecule has 2 rings (SSSR count). The molecule has 0 bridgehead atoms. The lowest BCUT2D eigenvalue weighted by atomic mass is 10.2. The lowest BCUT2D eigenvalue weighted by molar-refractivity contribution is 0.0950. The maximum Gasteiger partial charge on any atom is 0.254 e. The average molecular weight is 268 g/mol. The molecule has 2 heterocycles. The zero-order valence-corrected chi connectivity index (χ0v) is 10.7. The second kappa shape index (κ2) is 5.25. The number of rotatable bonds is 3. The molecule has 0 saturated carbocycles. The van der Waals surface area contributed by atoms with Crippen LogP contribution in [0, 0.1) is 6.92 Å². The van der Waals surface area contributed by atoms with Gasteiger partial charge in [-0.2, -0.15) is 0 Å². The van der Waals surface area contributed by atoms with Crippen molar-refractivity contribution in [3.05, 3.63) is 45.1 Å². The summed E-state index contributed by atoms with van der Waals surface area (Å²) >= 11 is 7.37. The first-order valence-electron chi connectivity index (χ1n) is 4.96. The minimum atomic E-state index is -0.242. The molecular weight excluding hydrogens is 258 g/mol. The quantitative estimate of drug-likeness (QED) is 0.869. The van der Waals surface area contributed by atoms with Gasteiger partial charge in [-0.1, -0.05) is 11.6 Å². The number of aryl methyl sites for hydroxylation is 1. The lowest BCUT2D eigenvalue weighted by Gasteiger charge is -2.04. The van der Waals surface area contributed by atoms with Crippen LogP contribution in [-0.2, 0) is 6.54 Å². The number of pyridine rings is 1. The van der Waals surface area contributed by atoms with Crippen molar-refractivity contribution in [1.82, 2.24) is 15.3 Å². The molecule has 1 amide bonds. The van der Waals surface area contributed by atoms with Gasteiger partial charge < -0.3 is 5.32 Å². The van der Waals surface area contributed by atoms with E-state index >= 15 is 0 Å². The van der Waals surface area contributed by atoms with E-state index in [4.69, 9.17) is 11.6 Å². The first kappa shape index (κ1) is 12.0. The van der Waals surface area contributed by atoms with Crippen molar-refractivity contribution < 1.29 is 4.79 Å². The van der Waals surface area contributed by atoms with Crippen LogP contribution in [-0.4, -0.2) is 15.9 Å². The minimum Gasteiger partial charge on any atom is -0.346 e. The van der Waals surface area contributed by atoms with Crippen molar-refractivity contribution in [3.63, 3.8) is 0 Å². The maximum absolute atomic E-state index is 11.8. The molecule has 6 heteroatoms. The Balaban J connectivity index is 2.01. The molecule has 4 nitrogen and oxygen atoms in total. The average Bonchev–Trinajstić information content (AvgIpc) is 2.73. The van der Waals surface area contributed by atoms with Crippen LogP contribution in [0.15, 0.2) is 23.7 Å². The number of nitrogens with zero attached hydrogens (tertiary/aromatic N) is 2. The summed E-state index contributed by atoms with van der Waals surface area (Å²) < 4.78 is 0. The van der Waals surface area contributed by atoms with Gasteiger partial charge in [0, 0.05) is 11.6 Å². The molecule has 0 aliphatic rings. The van der Waals surface area contributed by atoms with Gasteiger partial charge in [0.15, 0.2) is 0 Å². The molecule has 88 valence electrons. The monoisotopic (exact) mass is 267 g/mol. The van der Waals surface area contributed by atoms with Crippen LogP contribution in [0.2, 0.25) is 5.15 Å². The van der Waals surface area contributed by atoms with Gasteiger partial charge in [0.2, 0.25) is 0 Å². The van der Waals surface area contributed by atoms with Crippen molar-refractivity contribution in [1.29, 1.82) is 0 Å². The highest BCUT2D eigenvalue weighted by Crippen LogP contribution is 2.12. The summed E-state index contributed by atoms with van der Waals surface area (Å²) in [5, 5.41) is 5.86. The SMILES string of the molecule is Cc1nc(CNC(=O)c2cccnc2Cl)cs1. The predicted molar refractivity (Wildman–Crippen MR) is 67.3 cm³/mol. The van der Waals surface area contributed by atoms with Crippen molar-refractivity contribution in [3.8, 4) is 0 Å². The van der Waals surface area contributed by atoms with Crippen molar-refractivity contribution >= 4 is 28.8 Å². The predicted octanol–water partition coefficient (Wildman–Crippen LogP) is 2.43. The van der Waals surface area contributed by atoms with E-state index in [0.717, 1.165) is 10.7 Å². The third kappa shape index (κ3) is 3.01. The van der Waals surface area contributed by atoms with Crippen LogP contribution < -0.4 is 5.32 Å². The zero-order chi connectivity index (χ0) is 12.3. The largest absolute Gasteiger partial charge is 0.346 e. The van der Waals surface area contributed by atoms with E-state index in [9.17, 15) is 4.79 Å². The molecule has 17 heavy (non-hydrogen) atoms. The van der Waals surface area contributed by atoms with Crippen LogP contribution in [0.4, 0.5) is 0 Å². The lowest BCUT2D eigenvalue weighted by Crippen LogP contribution is -2.23. The molecule has 0 aliphatic carbocycles. The van der Waals surface area contributed by atoms with Gasteiger partial charge in [-0.3, -0.25) is 4.79 Å². The minimum absolute atomic E-state index is 0.208. The summed E-state index contributed by atoms with van der Waals surface area (Å²) in [6.07, 6.45) is 1.54. The van der Waals surface area contributed by atoms with Crippen molar-refractivity contribution in [2.45, 2.75) is 13.5 Å². The molecular formula is C11H10ClN3OS. The normalized spacial score (nSPS) is 10.2. The summed E-state index contributed by atoms with van der Waals surface area (Å²) in [4.78, 5) is 19.9. The Morgan fingerprint density at radius 1 is 1.59 bits per heavy atom. The number of carbonyl (C=O) groups is 1. The van der Waals surface area contributed by atoms with Crippen molar-refractivity contribution in [2.24, 2.45) is 0 Å². The molecule has 0 spiro atoms. The zero-order valence-electron chi connectivity index (χ0n) is 9.11. The van der Waals surface area contributed by atoms with Gasteiger partial charge in [-0.05, 0) is 19.1 Å². The highest BCUT2D eigenvalue weighted by Gasteiger charge is 2.10. The summed E-state index contributed by atoms with van der Waals surface area (Å²) in [5.74, 6) is -0.242. The fourth-order valence-electron chi connectivity index (χ4n) is 1.31. The molecule has 0 unspecified atom stereocenters. The van der Waals surface area contributed by atoms with E-state index in [-0.39, 0.29) is 11.1 Å². The van der Waals surface area contributed by atoms with E-state index < -0.39 is 0 Å². The van der Waals surface area contributed by atoms with Gasteiger partial charge >= 0.3 is 0 Å². The highest BCUT2D eigenvalue weighted by molar-refractivity contribution is 7.09. The van der Waals surface area contributed by atoms with Gasteiger partial charge in [0.05, 0.1) is 22.8 Å². The fraction of sp³-hybridized carbons (Fsp3) is 0.182. The third-order valence-corrected chi connectivity index (χ3v) is 3.22. The Morgan fingerprint density at radius 3 is 3.06 bits per heavy atom. The van der Waals surface area contributed by atoms with Crippen LogP contribution in [0.3, 0.4) is 0 Å². The van der Waals surface area contributed by atoms with Gasteiger partial charge in [-0.15, -0.1) is 11.3 Å². The number of halogens is 1. The van der Waals surface area contributed by atoms with Gasteiger partial charge in [0.1, 0.15) is 5.15 Å². The molecule has 0 atom stereocenters. The molecule has 0 aromatic carbocycles. The van der Waals surface area contributed by atoms with Crippen LogP contribution in [0.1, 0.15) is 21.1 Å². The number of carbonyl (C=O) groups excluding carboxylic acids is 1. The van der Waals surface area contributed by atoms with Gasteiger partial charge in [-0.25, -0.2) is 9.97 Å². The number of hydrogen-bond acceptors (Lipinski definition) is 4. The molecule has 0 saturated heterocycles. The second-order valence-electron chi connectivity index (χ2n) is 3.38. The van der Waals surface area contributed by atoms with E-state index in [1.807, 2.05) is 12.3 Å². The molecule has 2 aromatic heterocycles. The van der Waals surface area contributed by atoms with Crippen molar-refractivity contribution in [2.75, 3.05) is 0 Å². The standard InChI is InChI=1S/C11H10ClN3OS/c1-7-15-8(6-17-7)5-14-11(16)9-3-2-4-13-10(9)12/h2-4,6H,5H2,1H3,(H,14,16). The first-order valence-corrected chi connectivity index (χ1v) is 6.22. The molecule has 2 aromatic rings. The summed E-state index contributed by atoms with van der Waals surface area (Å²) in [6.45, 7) is 2.32. The van der Waals surface area contributed by atoms with E-state index in [0.29, 0.717) is 12.1 Å². The van der Waals surface area contributed by atoms with Crippen LogP contribution in [0.25, 0.3) is 0 Å². The smallest absolute Gasteiger partial charge is 0.254 e. The fourth-order valence-corrected chi connectivity index (χ4v) is 2.13. The summed E-state index contributed by atoms with van der Waals surface area (Å²) in [6, 6.07) is 3.31. The van der Waals surface area contributed by atoms with E-state index in [2.05, 4.69) is 15.3 Å². The number of nitrogens with one attached hydrogen (secondary N) is 1. The number of hydrogen-bond donors (Lipinski definition) is 1. The van der Waals surface area contributed by atoms with E-state index in [1.54, 1.807) is 29.7 Å². The second-order valence-corrected chi connectivity index (χ2v) is 4.80. The maximum atomic E-state index is 11.8. The molecule has 0 aliphatic heterocycles. The Labute approximate surface area is 108 Å². The Kier molecular flexibility index (Phi) is 3.71. The van der Waals surface area contributed by atoms with Crippen LogP contribution in [0.5, 0.6) is 0 Å². The van der Waals surface area contributed by atoms with Crippen LogP contribution >= 0.6 is 22.9 Å². The van der Waals surface area contributed by atoms with E-state index in [1.165, 1.54) is 0 Å². The molecule has 0 fully saturated rings. The molecule has 1 N–H and O–H groups in total. The molecule has 0 radical (unpaired) electrons. The Bertz CT molecular complexity index is 541. The number of thiazole rings is 1. The number of aromatic nitrogens is 2. The van der Waals surface area contributed by atoms with Gasteiger partial charge in [0.25, 0.3) is 5.91 Å². The number of amides is 1.